The van der Waals surface area contributed by atoms with E-state index in [9.17, 15) is 9.59 Å². The molecule has 0 radical (unpaired) electrons. The molecule has 2 aromatic carbocycles. The summed E-state index contributed by atoms with van der Waals surface area (Å²) < 4.78 is 16.1. The normalized spacial score (nSPS) is 14.2. The number of fused-ring (bicyclic) bond motifs is 1. The highest BCUT2D eigenvalue weighted by Gasteiger charge is 2.27. The van der Waals surface area contributed by atoms with E-state index in [1.807, 2.05) is 24.3 Å². The van der Waals surface area contributed by atoms with Crippen LogP contribution in [0.25, 0.3) is 6.08 Å². The molecule has 122 valence electrons. The predicted molar refractivity (Wildman–Crippen MR) is 88.5 cm³/mol. The van der Waals surface area contributed by atoms with Crippen LogP contribution in [0.5, 0.6) is 17.2 Å². The average molecular weight is 324 g/mol. The minimum Gasteiger partial charge on any atom is -0.497 e. The maximum atomic E-state index is 12.4. The molecule has 0 aliphatic carbocycles. The standard InChI is InChI=1S/C19H16O5/c1-12(20)11-23-15-7-8-16-17(10-15)24-18(19(16)21)9-13-3-5-14(22-2)6-4-13/h3-10H,11H2,1-2H3. The lowest BCUT2D eigenvalue weighted by Crippen LogP contribution is -2.06. The lowest BCUT2D eigenvalue weighted by atomic mass is 10.1. The Hall–Kier alpha value is -3.08. The van der Waals surface area contributed by atoms with Crippen LogP contribution in [0.1, 0.15) is 22.8 Å². The Labute approximate surface area is 139 Å². The summed E-state index contributed by atoms with van der Waals surface area (Å²) >= 11 is 0. The summed E-state index contributed by atoms with van der Waals surface area (Å²) in [4.78, 5) is 23.4. The first kappa shape index (κ1) is 15.8. The summed E-state index contributed by atoms with van der Waals surface area (Å²) in [6.07, 6.45) is 1.68. The van der Waals surface area contributed by atoms with Gasteiger partial charge in [-0.3, -0.25) is 9.59 Å². The van der Waals surface area contributed by atoms with Gasteiger partial charge in [0.25, 0.3) is 0 Å². The maximum absolute atomic E-state index is 12.4. The third-order valence-corrected chi connectivity index (χ3v) is 3.50. The number of ketones is 2. The second-order valence-electron chi connectivity index (χ2n) is 5.36. The smallest absolute Gasteiger partial charge is 0.231 e. The van der Waals surface area contributed by atoms with E-state index in [0.29, 0.717) is 17.1 Å². The molecule has 1 aliphatic rings. The molecule has 2 aromatic rings. The Morgan fingerprint density at radius 3 is 2.50 bits per heavy atom. The van der Waals surface area contributed by atoms with Crippen molar-refractivity contribution in [3.05, 3.63) is 59.4 Å². The van der Waals surface area contributed by atoms with Gasteiger partial charge in [-0.05, 0) is 42.8 Å². The van der Waals surface area contributed by atoms with Crippen LogP contribution in [0.15, 0.2) is 48.2 Å². The largest absolute Gasteiger partial charge is 0.497 e. The first-order chi connectivity index (χ1) is 11.6. The summed E-state index contributed by atoms with van der Waals surface area (Å²) in [6.45, 7) is 1.43. The summed E-state index contributed by atoms with van der Waals surface area (Å²) in [5.41, 5.74) is 1.31. The molecule has 0 bridgehead atoms. The summed E-state index contributed by atoms with van der Waals surface area (Å²) in [7, 11) is 1.60. The van der Waals surface area contributed by atoms with Crippen molar-refractivity contribution < 1.29 is 23.8 Å². The molecule has 0 unspecified atom stereocenters. The van der Waals surface area contributed by atoms with Gasteiger partial charge in [0.2, 0.25) is 5.78 Å². The number of methoxy groups -OCH3 is 1. The van der Waals surface area contributed by atoms with Gasteiger partial charge in [-0.15, -0.1) is 0 Å². The molecule has 24 heavy (non-hydrogen) atoms. The number of hydrogen-bond donors (Lipinski definition) is 0. The number of allylic oxidation sites excluding steroid dienone is 1. The Morgan fingerprint density at radius 1 is 1.12 bits per heavy atom. The van der Waals surface area contributed by atoms with Crippen LogP contribution in [0.2, 0.25) is 0 Å². The fraction of sp³-hybridized carbons (Fsp3) is 0.158. The highest BCUT2D eigenvalue weighted by Crippen LogP contribution is 2.35. The zero-order chi connectivity index (χ0) is 17.1. The Balaban J connectivity index is 1.81. The fourth-order valence-corrected chi connectivity index (χ4v) is 2.29. The van der Waals surface area contributed by atoms with Crippen molar-refractivity contribution in [1.82, 2.24) is 0 Å². The highest BCUT2D eigenvalue weighted by atomic mass is 16.5. The first-order valence-corrected chi connectivity index (χ1v) is 7.41. The molecule has 0 atom stereocenters. The molecular weight excluding hydrogens is 308 g/mol. The van der Waals surface area contributed by atoms with E-state index in [1.165, 1.54) is 6.92 Å². The van der Waals surface area contributed by atoms with Gasteiger partial charge in [0.05, 0.1) is 12.7 Å². The van der Waals surface area contributed by atoms with E-state index in [4.69, 9.17) is 14.2 Å². The molecule has 0 spiro atoms. The number of rotatable bonds is 5. The summed E-state index contributed by atoms with van der Waals surface area (Å²) in [5, 5.41) is 0. The van der Waals surface area contributed by atoms with E-state index in [2.05, 4.69) is 0 Å². The molecule has 0 saturated carbocycles. The Morgan fingerprint density at radius 2 is 1.83 bits per heavy atom. The first-order valence-electron chi connectivity index (χ1n) is 7.41. The number of carbonyl (C=O) groups is 2. The molecular formula is C19H16O5. The quantitative estimate of drug-likeness (QED) is 0.790. The van der Waals surface area contributed by atoms with Crippen molar-refractivity contribution in [3.63, 3.8) is 0 Å². The van der Waals surface area contributed by atoms with Gasteiger partial charge in [0.15, 0.2) is 11.5 Å². The second kappa shape index (κ2) is 6.58. The summed E-state index contributed by atoms with van der Waals surface area (Å²) in [6, 6.07) is 12.2. The highest BCUT2D eigenvalue weighted by molar-refractivity contribution is 6.14. The van der Waals surface area contributed by atoms with Crippen molar-refractivity contribution in [2.45, 2.75) is 6.92 Å². The van der Waals surface area contributed by atoms with Gasteiger partial charge in [-0.1, -0.05) is 12.1 Å². The van der Waals surface area contributed by atoms with Crippen molar-refractivity contribution in [2.24, 2.45) is 0 Å². The van der Waals surface area contributed by atoms with Crippen molar-refractivity contribution >= 4 is 17.6 Å². The van der Waals surface area contributed by atoms with E-state index >= 15 is 0 Å². The Kier molecular flexibility index (Phi) is 4.33. The second-order valence-corrected chi connectivity index (χ2v) is 5.36. The molecule has 0 amide bonds. The molecule has 1 heterocycles. The zero-order valence-electron chi connectivity index (χ0n) is 13.4. The molecule has 0 aromatic heterocycles. The fourth-order valence-electron chi connectivity index (χ4n) is 2.29. The molecule has 5 heteroatoms. The van der Waals surface area contributed by atoms with E-state index < -0.39 is 0 Å². The number of hydrogen-bond acceptors (Lipinski definition) is 5. The minimum atomic E-state index is -0.182. The van der Waals surface area contributed by atoms with Crippen LogP contribution < -0.4 is 14.2 Å². The SMILES string of the molecule is COc1ccc(C=C2Oc3cc(OCC(C)=O)ccc3C2=O)cc1. The Bertz CT molecular complexity index is 818. The van der Waals surface area contributed by atoms with Gasteiger partial charge in [0.1, 0.15) is 23.9 Å². The van der Waals surface area contributed by atoms with Crippen molar-refractivity contribution in [3.8, 4) is 17.2 Å². The summed E-state index contributed by atoms with van der Waals surface area (Å²) in [5.74, 6) is 1.65. The molecule has 5 nitrogen and oxygen atoms in total. The number of benzene rings is 2. The monoisotopic (exact) mass is 324 g/mol. The van der Waals surface area contributed by atoms with Crippen LogP contribution in [0.4, 0.5) is 0 Å². The third-order valence-electron chi connectivity index (χ3n) is 3.50. The molecule has 0 N–H and O–H groups in total. The molecule has 1 aliphatic heterocycles. The van der Waals surface area contributed by atoms with Crippen LogP contribution in [0, 0.1) is 0 Å². The average Bonchev–Trinajstić information content (AvgIpc) is 2.89. The van der Waals surface area contributed by atoms with Gasteiger partial charge in [0, 0.05) is 6.07 Å². The maximum Gasteiger partial charge on any atom is 0.231 e. The minimum absolute atomic E-state index is 0.0126. The zero-order valence-corrected chi connectivity index (χ0v) is 13.4. The van der Waals surface area contributed by atoms with Crippen LogP contribution >= 0.6 is 0 Å². The number of ether oxygens (including phenoxy) is 3. The number of Topliss-reactive ketones (excluding diaryl/α,β-unsaturated/α-hetero) is 2. The molecule has 0 saturated heterocycles. The molecule has 0 fully saturated rings. The lowest BCUT2D eigenvalue weighted by Gasteiger charge is -2.05. The topological polar surface area (TPSA) is 61.8 Å². The van der Waals surface area contributed by atoms with Crippen molar-refractivity contribution in [2.75, 3.05) is 13.7 Å². The van der Waals surface area contributed by atoms with E-state index in [0.717, 1.165) is 11.3 Å². The van der Waals surface area contributed by atoms with Crippen molar-refractivity contribution in [1.29, 1.82) is 0 Å². The van der Waals surface area contributed by atoms with Gasteiger partial charge >= 0.3 is 0 Å². The number of carbonyl (C=O) groups excluding carboxylic acids is 2. The van der Waals surface area contributed by atoms with Gasteiger partial charge in [-0.2, -0.15) is 0 Å². The molecule has 3 rings (SSSR count). The van der Waals surface area contributed by atoms with E-state index in [-0.39, 0.29) is 23.9 Å². The van der Waals surface area contributed by atoms with Gasteiger partial charge in [-0.25, -0.2) is 0 Å². The van der Waals surface area contributed by atoms with Crippen LogP contribution in [0.3, 0.4) is 0 Å². The van der Waals surface area contributed by atoms with Crippen LogP contribution in [-0.4, -0.2) is 25.3 Å². The lowest BCUT2D eigenvalue weighted by molar-refractivity contribution is -0.118. The predicted octanol–water partition coefficient (Wildman–Crippen LogP) is 3.28. The van der Waals surface area contributed by atoms with Crippen LogP contribution in [-0.2, 0) is 4.79 Å². The third kappa shape index (κ3) is 3.30. The van der Waals surface area contributed by atoms with Gasteiger partial charge < -0.3 is 14.2 Å². The van der Waals surface area contributed by atoms with E-state index in [1.54, 1.807) is 31.4 Å².